The van der Waals surface area contributed by atoms with Gasteiger partial charge >= 0.3 is 5.97 Å². The Hall–Kier alpha value is -0.830. The lowest BCUT2D eigenvalue weighted by Crippen LogP contribution is -2.02. The lowest BCUT2D eigenvalue weighted by Gasteiger charge is -1.99. The van der Waals surface area contributed by atoms with Crippen molar-refractivity contribution >= 4 is 5.97 Å². The first-order valence-corrected chi connectivity index (χ1v) is 3.81. The Morgan fingerprint density at radius 1 is 1.55 bits per heavy atom. The number of nitrogens with two attached hydrogens (primary N) is 1. The number of unbranched alkanes of at least 4 members (excludes halogenated alkanes) is 1. The third kappa shape index (κ3) is 4.56. The van der Waals surface area contributed by atoms with Crippen molar-refractivity contribution in [1.29, 1.82) is 0 Å². The summed E-state index contributed by atoms with van der Waals surface area (Å²) in [5.74, 6) is -0.815. The fourth-order valence-corrected chi connectivity index (χ4v) is 0.835. The SMILES string of the molecule is C/C=C(\CCCCN)C(=O)O. The molecule has 0 aliphatic carbocycles. The quantitative estimate of drug-likeness (QED) is 0.464. The molecule has 3 heteroatoms. The summed E-state index contributed by atoms with van der Waals surface area (Å²) in [6.45, 7) is 2.38. The molecule has 0 aromatic heterocycles. The Kier molecular flexibility index (Phi) is 5.47. The van der Waals surface area contributed by atoms with E-state index in [4.69, 9.17) is 10.8 Å². The number of hydrogen-bond donors (Lipinski definition) is 2. The van der Waals surface area contributed by atoms with Crippen LogP contribution in [0.1, 0.15) is 26.2 Å². The number of carboxylic acids is 1. The van der Waals surface area contributed by atoms with Crippen molar-refractivity contribution in [2.24, 2.45) is 5.73 Å². The highest BCUT2D eigenvalue weighted by Gasteiger charge is 2.03. The molecule has 11 heavy (non-hydrogen) atoms. The van der Waals surface area contributed by atoms with Crippen molar-refractivity contribution in [3.8, 4) is 0 Å². The van der Waals surface area contributed by atoms with E-state index in [-0.39, 0.29) is 0 Å². The average molecular weight is 157 g/mol. The molecule has 0 aliphatic heterocycles. The molecule has 0 fully saturated rings. The molecular formula is C8H15NO2. The first-order valence-electron chi connectivity index (χ1n) is 3.81. The normalized spacial score (nSPS) is 11.6. The summed E-state index contributed by atoms with van der Waals surface area (Å²) >= 11 is 0. The number of rotatable bonds is 5. The average Bonchev–Trinajstić information content (AvgIpc) is 1.97. The summed E-state index contributed by atoms with van der Waals surface area (Å²) in [5, 5.41) is 8.57. The molecule has 0 aromatic carbocycles. The van der Waals surface area contributed by atoms with Crippen LogP contribution in [-0.2, 0) is 4.79 Å². The van der Waals surface area contributed by atoms with Gasteiger partial charge in [0.25, 0.3) is 0 Å². The van der Waals surface area contributed by atoms with Crippen LogP contribution in [0.5, 0.6) is 0 Å². The second-order valence-corrected chi connectivity index (χ2v) is 2.36. The standard InChI is InChI=1S/C8H15NO2/c1-2-7(8(10)11)5-3-4-6-9/h2H,3-6,9H2,1H3,(H,10,11)/b7-2+. The van der Waals surface area contributed by atoms with Gasteiger partial charge in [0.1, 0.15) is 0 Å². The molecule has 0 amide bonds. The van der Waals surface area contributed by atoms with E-state index in [0.717, 1.165) is 12.8 Å². The predicted molar refractivity (Wildman–Crippen MR) is 44.3 cm³/mol. The van der Waals surface area contributed by atoms with Crippen LogP contribution in [0.25, 0.3) is 0 Å². The third-order valence-corrected chi connectivity index (χ3v) is 1.52. The topological polar surface area (TPSA) is 63.3 Å². The van der Waals surface area contributed by atoms with E-state index in [9.17, 15) is 4.79 Å². The minimum absolute atomic E-state index is 0.485. The first kappa shape index (κ1) is 10.2. The van der Waals surface area contributed by atoms with Gasteiger partial charge in [-0.1, -0.05) is 6.08 Å². The van der Waals surface area contributed by atoms with E-state index in [1.54, 1.807) is 13.0 Å². The van der Waals surface area contributed by atoms with Crippen LogP contribution in [0.15, 0.2) is 11.6 Å². The summed E-state index contributed by atoms with van der Waals surface area (Å²) in [4.78, 5) is 10.4. The highest BCUT2D eigenvalue weighted by Crippen LogP contribution is 2.06. The molecule has 0 aromatic rings. The molecule has 0 unspecified atom stereocenters. The van der Waals surface area contributed by atoms with Crippen LogP contribution in [-0.4, -0.2) is 17.6 Å². The Morgan fingerprint density at radius 2 is 2.18 bits per heavy atom. The molecule has 3 nitrogen and oxygen atoms in total. The van der Waals surface area contributed by atoms with Crippen LogP contribution in [0, 0.1) is 0 Å². The zero-order chi connectivity index (χ0) is 8.69. The van der Waals surface area contributed by atoms with E-state index in [0.29, 0.717) is 18.5 Å². The first-order chi connectivity index (χ1) is 5.22. The smallest absolute Gasteiger partial charge is 0.331 e. The maximum absolute atomic E-state index is 10.4. The van der Waals surface area contributed by atoms with Crippen LogP contribution < -0.4 is 5.73 Å². The van der Waals surface area contributed by atoms with Crippen LogP contribution in [0.2, 0.25) is 0 Å². The van der Waals surface area contributed by atoms with Gasteiger partial charge in [0, 0.05) is 5.57 Å². The Bertz CT molecular complexity index is 152. The molecule has 0 spiro atoms. The van der Waals surface area contributed by atoms with E-state index in [1.165, 1.54) is 0 Å². The van der Waals surface area contributed by atoms with Gasteiger partial charge in [0.15, 0.2) is 0 Å². The Balaban J connectivity index is 3.63. The van der Waals surface area contributed by atoms with Gasteiger partial charge in [-0.25, -0.2) is 4.79 Å². The van der Waals surface area contributed by atoms with E-state index in [1.807, 2.05) is 0 Å². The molecule has 0 heterocycles. The zero-order valence-electron chi connectivity index (χ0n) is 6.84. The molecule has 0 atom stereocenters. The minimum atomic E-state index is -0.815. The minimum Gasteiger partial charge on any atom is -0.478 e. The molecule has 0 saturated carbocycles. The maximum Gasteiger partial charge on any atom is 0.331 e. The molecule has 0 bridgehead atoms. The fraction of sp³-hybridized carbons (Fsp3) is 0.625. The van der Waals surface area contributed by atoms with Gasteiger partial charge in [-0.05, 0) is 32.7 Å². The van der Waals surface area contributed by atoms with E-state index >= 15 is 0 Å². The van der Waals surface area contributed by atoms with Gasteiger partial charge in [-0.2, -0.15) is 0 Å². The molecule has 64 valence electrons. The van der Waals surface area contributed by atoms with Crippen molar-refractivity contribution < 1.29 is 9.90 Å². The molecule has 3 N–H and O–H groups in total. The number of carbonyl (C=O) groups is 1. The summed E-state index contributed by atoms with van der Waals surface area (Å²) in [7, 11) is 0. The van der Waals surface area contributed by atoms with Gasteiger partial charge in [0.05, 0.1) is 0 Å². The monoisotopic (exact) mass is 157 g/mol. The number of hydrogen-bond acceptors (Lipinski definition) is 2. The van der Waals surface area contributed by atoms with Gasteiger partial charge in [-0.15, -0.1) is 0 Å². The molecule has 0 rings (SSSR count). The van der Waals surface area contributed by atoms with E-state index < -0.39 is 5.97 Å². The second kappa shape index (κ2) is 5.92. The van der Waals surface area contributed by atoms with Crippen molar-refractivity contribution in [1.82, 2.24) is 0 Å². The highest BCUT2D eigenvalue weighted by atomic mass is 16.4. The molecule has 0 aliphatic rings. The van der Waals surface area contributed by atoms with Gasteiger partial charge < -0.3 is 10.8 Å². The lowest BCUT2D eigenvalue weighted by molar-refractivity contribution is -0.132. The largest absolute Gasteiger partial charge is 0.478 e. The maximum atomic E-state index is 10.4. The third-order valence-electron chi connectivity index (χ3n) is 1.52. The van der Waals surface area contributed by atoms with Gasteiger partial charge in [-0.3, -0.25) is 0 Å². The van der Waals surface area contributed by atoms with Crippen molar-refractivity contribution in [3.63, 3.8) is 0 Å². The number of carboxylic acid groups (broad SMARTS) is 1. The lowest BCUT2D eigenvalue weighted by atomic mass is 10.1. The van der Waals surface area contributed by atoms with Crippen LogP contribution >= 0.6 is 0 Å². The predicted octanol–water partition coefficient (Wildman–Crippen LogP) is 1.15. The summed E-state index contributed by atoms with van der Waals surface area (Å²) in [5.41, 5.74) is 5.75. The zero-order valence-corrected chi connectivity index (χ0v) is 6.84. The summed E-state index contributed by atoms with van der Waals surface area (Å²) in [6.07, 6.45) is 4.02. The number of aliphatic carboxylic acids is 1. The second-order valence-electron chi connectivity index (χ2n) is 2.36. The molecular weight excluding hydrogens is 142 g/mol. The number of allylic oxidation sites excluding steroid dienone is 1. The summed E-state index contributed by atoms with van der Waals surface area (Å²) < 4.78 is 0. The molecule has 0 radical (unpaired) electrons. The van der Waals surface area contributed by atoms with Crippen LogP contribution in [0.4, 0.5) is 0 Å². The fourth-order valence-electron chi connectivity index (χ4n) is 0.835. The van der Waals surface area contributed by atoms with Crippen LogP contribution in [0.3, 0.4) is 0 Å². The Labute approximate surface area is 66.9 Å². The van der Waals surface area contributed by atoms with Gasteiger partial charge in [0.2, 0.25) is 0 Å². The molecule has 0 saturated heterocycles. The summed E-state index contributed by atoms with van der Waals surface area (Å²) in [6, 6.07) is 0. The highest BCUT2D eigenvalue weighted by molar-refractivity contribution is 5.86. The van der Waals surface area contributed by atoms with Crippen molar-refractivity contribution in [2.45, 2.75) is 26.2 Å². The van der Waals surface area contributed by atoms with Crippen molar-refractivity contribution in [3.05, 3.63) is 11.6 Å². The Morgan fingerprint density at radius 3 is 2.55 bits per heavy atom. The van der Waals surface area contributed by atoms with E-state index in [2.05, 4.69) is 0 Å². The van der Waals surface area contributed by atoms with Crippen molar-refractivity contribution in [2.75, 3.05) is 6.54 Å².